The lowest BCUT2D eigenvalue weighted by Gasteiger charge is -2.28. The summed E-state index contributed by atoms with van der Waals surface area (Å²) in [6.07, 6.45) is 17.3. The second kappa shape index (κ2) is 9.05. The van der Waals surface area contributed by atoms with Gasteiger partial charge >= 0.3 is 0 Å². The van der Waals surface area contributed by atoms with Gasteiger partial charge in [0.15, 0.2) is 0 Å². The zero-order valence-electron chi connectivity index (χ0n) is 14.4. The van der Waals surface area contributed by atoms with E-state index in [9.17, 15) is 8.42 Å². The lowest BCUT2D eigenvalue weighted by molar-refractivity contribution is 0.365. The second-order valence-corrected chi connectivity index (χ2v) is 8.30. The van der Waals surface area contributed by atoms with Crippen molar-refractivity contribution in [3.8, 4) is 12.3 Å². The summed E-state index contributed by atoms with van der Waals surface area (Å²) < 4.78 is 27.6. The first-order chi connectivity index (χ1) is 11.6. The first-order valence-corrected chi connectivity index (χ1v) is 10.2. The monoisotopic (exact) mass is 345 g/mol. The maximum Gasteiger partial charge on any atom is 0.244 e. The van der Waals surface area contributed by atoms with Crippen LogP contribution in [0, 0.1) is 19.3 Å². The Kier molecular flexibility index (Phi) is 7.08. The average molecular weight is 346 g/mol. The molecule has 1 atom stereocenters. The summed E-state index contributed by atoms with van der Waals surface area (Å²) in [4.78, 5) is 0.314. The Balaban J connectivity index is 2.31. The van der Waals surface area contributed by atoms with Gasteiger partial charge in [-0.25, -0.2) is 8.42 Å². The van der Waals surface area contributed by atoms with Crippen molar-refractivity contribution in [2.45, 2.75) is 62.8 Å². The highest BCUT2D eigenvalue weighted by Gasteiger charge is 2.29. The number of rotatable bonds is 4. The van der Waals surface area contributed by atoms with Crippen LogP contribution in [0.2, 0.25) is 0 Å². The molecule has 0 N–H and O–H groups in total. The first-order valence-electron chi connectivity index (χ1n) is 8.74. The smallest absolute Gasteiger partial charge is 0.207 e. The average Bonchev–Trinajstić information content (AvgIpc) is 2.58. The molecular weight excluding hydrogens is 318 g/mol. The molecular formula is C20H27NO2S. The van der Waals surface area contributed by atoms with Crippen LogP contribution in [0.1, 0.15) is 50.5 Å². The van der Waals surface area contributed by atoms with E-state index in [2.05, 4.69) is 12.0 Å². The van der Waals surface area contributed by atoms with Crippen molar-refractivity contribution in [1.29, 1.82) is 0 Å². The number of aryl methyl sites for hydroxylation is 1. The largest absolute Gasteiger partial charge is 0.244 e. The molecule has 24 heavy (non-hydrogen) atoms. The number of benzene rings is 1. The maximum absolute atomic E-state index is 13.1. The summed E-state index contributed by atoms with van der Waals surface area (Å²) >= 11 is 0. The third kappa shape index (κ3) is 4.96. The normalized spacial score (nSPS) is 21.1. The Morgan fingerprint density at radius 1 is 1.12 bits per heavy atom. The Morgan fingerprint density at radius 2 is 1.79 bits per heavy atom. The fourth-order valence-corrected chi connectivity index (χ4v) is 4.58. The fourth-order valence-electron chi connectivity index (χ4n) is 3.05. The lowest BCUT2D eigenvalue weighted by Crippen LogP contribution is -2.39. The highest BCUT2D eigenvalue weighted by atomic mass is 32.2. The SMILES string of the molecule is C#CCN(C1/C=C/CCCCCCC1)S(=O)(=O)c1ccc(C)cc1. The highest BCUT2D eigenvalue weighted by Crippen LogP contribution is 2.23. The molecule has 0 aliphatic heterocycles. The lowest BCUT2D eigenvalue weighted by atomic mass is 10.0. The third-order valence-electron chi connectivity index (χ3n) is 4.47. The number of hydrogen-bond acceptors (Lipinski definition) is 2. The molecule has 3 nitrogen and oxygen atoms in total. The summed E-state index contributed by atoms with van der Waals surface area (Å²) in [5.74, 6) is 2.53. The number of allylic oxidation sites excluding steroid dienone is 1. The van der Waals surface area contributed by atoms with Gasteiger partial charge in [-0.3, -0.25) is 0 Å². The summed E-state index contributed by atoms with van der Waals surface area (Å²) in [7, 11) is -3.59. The van der Waals surface area contributed by atoms with Gasteiger partial charge in [0.25, 0.3) is 0 Å². The molecule has 1 aromatic carbocycles. The van der Waals surface area contributed by atoms with Gasteiger partial charge in [0, 0.05) is 6.04 Å². The molecule has 0 spiro atoms. The van der Waals surface area contributed by atoms with Gasteiger partial charge in [-0.1, -0.05) is 61.5 Å². The quantitative estimate of drug-likeness (QED) is 0.603. The van der Waals surface area contributed by atoms with E-state index < -0.39 is 10.0 Å². The number of terminal acetylenes is 1. The van der Waals surface area contributed by atoms with Crippen LogP contribution < -0.4 is 0 Å². The van der Waals surface area contributed by atoms with Gasteiger partial charge in [0.1, 0.15) is 0 Å². The van der Waals surface area contributed by atoms with Gasteiger partial charge in [0.05, 0.1) is 11.4 Å². The van der Waals surface area contributed by atoms with Crippen LogP contribution in [0.3, 0.4) is 0 Å². The number of sulfonamides is 1. The molecule has 0 aromatic heterocycles. The summed E-state index contributed by atoms with van der Waals surface area (Å²) in [6, 6.07) is 6.81. The van der Waals surface area contributed by atoms with Crippen LogP contribution in [-0.4, -0.2) is 25.3 Å². The van der Waals surface area contributed by atoms with E-state index in [-0.39, 0.29) is 12.6 Å². The Bertz CT molecular complexity index is 683. The van der Waals surface area contributed by atoms with Crippen LogP contribution >= 0.6 is 0 Å². The molecule has 2 rings (SSSR count). The van der Waals surface area contributed by atoms with Crippen molar-refractivity contribution in [3.63, 3.8) is 0 Å². The van der Waals surface area contributed by atoms with Gasteiger partial charge in [-0.15, -0.1) is 6.42 Å². The first kappa shape index (κ1) is 18.8. The highest BCUT2D eigenvalue weighted by molar-refractivity contribution is 7.89. The molecule has 0 saturated heterocycles. The van der Waals surface area contributed by atoms with Crippen molar-refractivity contribution >= 4 is 10.0 Å². The van der Waals surface area contributed by atoms with E-state index in [1.807, 2.05) is 25.1 Å². The number of nitrogens with zero attached hydrogens (tertiary/aromatic N) is 1. The standard InChI is InChI=1S/C20H27NO2S/c1-3-17-21(19-11-9-7-5-4-6-8-10-12-19)24(22,23)20-15-13-18(2)14-16-20/h1,9,11,13-16,19H,4-8,10,12,17H2,2H3/b11-9+. The van der Waals surface area contributed by atoms with Crippen molar-refractivity contribution < 1.29 is 8.42 Å². The summed E-state index contributed by atoms with van der Waals surface area (Å²) in [5, 5.41) is 0. The molecule has 1 aromatic rings. The second-order valence-electron chi connectivity index (χ2n) is 6.41. The van der Waals surface area contributed by atoms with Crippen LogP contribution in [0.4, 0.5) is 0 Å². The van der Waals surface area contributed by atoms with Crippen molar-refractivity contribution in [1.82, 2.24) is 4.31 Å². The fraction of sp³-hybridized carbons (Fsp3) is 0.500. The number of hydrogen-bond donors (Lipinski definition) is 0. The van der Waals surface area contributed by atoms with E-state index in [1.54, 1.807) is 12.1 Å². The van der Waals surface area contributed by atoms with E-state index in [4.69, 9.17) is 6.42 Å². The van der Waals surface area contributed by atoms with Gasteiger partial charge in [0.2, 0.25) is 10.0 Å². The Hall–Kier alpha value is -1.57. The predicted molar refractivity (Wildman–Crippen MR) is 99.2 cm³/mol. The molecule has 0 saturated carbocycles. The molecule has 0 heterocycles. The molecule has 0 fully saturated rings. The van der Waals surface area contributed by atoms with E-state index in [0.717, 1.165) is 31.2 Å². The summed E-state index contributed by atoms with van der Waals surface area (Å²) in [6.45, 7) is 2.05. The summed E-state index contributed by atoms with van der Waals surface area (Å²) in [5.41, 5.74) is 1.04. The molecule has 0 radical (unpaired) electrons. The van der Waals surface area contributed by atoms with Gasteiger partial charge in [-0.2, -0.15) is 4.31 Å². The van der Waals surface area contributed by atoms with Gasteiger partial charge in [-0.05, 0) is 38.3 Å². The van der Waals surface area contributed by atoms with E-state index in [1.165, 1.54) is 23.6 Å². The van der Waals surface area contributed by atoms with Crippen LogP contribution in [-0.2, 0) is 10.0 Å². The minimum Gasteiger partial charge on any atom is -0.207 e. The van der Waals surface area contributed by atoms with Gasteiger partial charge < -0.3 is 0 Å². The molecule has 0 bridgehead atoms. The molecule has 1 aliphatic carbocycles. The van der Waals surface area contributed by atoms with Crippen molar-refractivity contribution in [2.75, 3.05) is 6.54 Å². The Labute approximate surface area is 146 Å². The van der Waals surface area contributed by atoms with Crippen LogP contribution in [0.5, 0.6) is 0 Å². The predicted octanol–water partition coefficient (Wildman–Crippen LogP) is 4.29. The van der Waals surface area contributed by atoms with E-state index in [0.29, 0.717) is 4.90 Å². The minimum absolute atomic E-state index is 0.102. The van der Waals surface area contributed by atoms with E-state index >= 15 is 0 Å². The maximum atomic E-state index is 13.1. The Morgan fingerprint density at radius 3 is 2.50 bits per heavy atom. The molecule has 130 valence electrons. The zero-order chi connectivity index (χ0) is 17.4. The van der Waals surface area contributed by atoms with Crippen LogP contribution in [0.15, 0.2) is 41.3 Å². The van der Waals surface area contributed by atoms with Crippen molar-refractivity contribution in [2.24, 2.45) is 0 Å². The third-order valence-corrected chi connectivity index (χ3v) is 6.36. The minimum atomic E-state index is -3.59. The van der Waals surface area contributed by atoms with Crippen molar-refractivity contribution in [3.05, 3.63) is 42.0 Å². The molecule has 1 unspecified atom stereocenters. The molecule has 1 aliphatic rings. The molecule has 4 heteroatoms. The van der Waals surface area contributed by atoms with Crippen LogP contribution in [0.25, 0.3) is 0 Å². The zero-order valence-corrected chi connectivity index (χ0v) is 15.3. The molecule has 0 amide bonds. The topological polar surface area (TPSA) is 37.4 Å².